The van der Waals surface area contributed by atoms with Crippen molar-refractivity contribution in [2.24, 2.45) is 17.4 Å². The van der Waals surface area contributed by atoms with Crippen molar-refractivity contribution in [1.29, 1.82) is 0 Å². The first kappa shape index (κ1) is 108. The topological polar surface area (TPSA) is 755 Å². The second-order valence-electron chi connectivity index (χ2n) is 34.5. The van der Waals surface area contributed by atoms with Crippen LogP contribution in [0, 0.1) is 5.92 Å². The van der Waals surface area contributed by atoms with E-state index >= 15 is 0 Å². The molecular weight excluding hydrogens is 1830 g/mol. The highest BCUT2D eigenvalue weighted by Gasteiger charge is 2.52. The first-order valence-corrected chi connectivity index (χ1v) is 44.6. The van der Waals surface area contributed by atoms with Crippen molar-refractivity contribution in [3.05, 3.63) is 141 Å². The summed E-state index contributed by atoms with van der Waals surface area (Å²) in [5, 5.41) is 140. The van der Waals surface area contributed by atoms with Gasteiger partial charge in [0, 0.05) is 68.2 Å². The van der Waals surface area contributed by atoms with Crippen molar-refractivity contribution in [3.8, 4) is 34.1 Å². The van der Waals surface area contributed by atoms with Gasteiger partial charge in [-0.05, 0) is 105 Å². The van der Waals surface area contributed by atoms with Crippen LogP contribution in [0.4, 0.5) is 4.79 Å². The molecule has 0 aromatic heterocycles. The molecule has 1 aliphatic heterocycles. The van der Waals surface area contributed by atoms with E-state index in [1.54, 1.807) is 13.8 Å². The standard InChI is InChI=1S/C92H117N15O32/c1-41(2)29-58(84(127)100-57-32-70(138-44(5)75(57)118)139-66-34-92(135,67(115)39-112)33-53-72(66)79(122)74-73(77(53)120)76(119)52-19-14-21-65(136-7)71(52)78(74)121)102-88(131)62(36-109)106-90(133)64(38-111)107-89(132)63(37-110)105-83(126)56(26-27-68(93)116)99-85(128)59(30-46-22-24-47(114)25-23-46)103-87(130)61(35-108)104-81(124)43(4)97-82(125)55(98-86(129)60(31-69(94)117)101-80(123)42(3)96-45(6)113)20-12-13-28-95-91(134)137-40-54-50-17-10-8-15-48(50)49-16-9-11-18-51(49)54/h8-11,14-19,21-25,41-44,54-64,66,70,75,108-112,114,118,120,122,135H,12-13,20,26-40H2,1-7H3,(H2,93,116)(H2,94,117)(H,95,134)(H,96,113)(H,97,125)(H,98,129)(H,99,128)(H,100,127)(H,101,123)(H,102,131)(H,103,130)(H,104,124)(H,105,126)(H,106,133)(H,107,132)/t42-,43-,44-,55-,56-,57-,58-,59-,60-,61-,62-,63-,64-,66-,70-,75+,92-/m0/s1. The molecule has 1 heterocycles. The molecule has 0 spiro atoms. The maximum Gasteiger partial charge on any atom is 0.407 e. The summed E-state index contributed by atoms with van der Waals surface area (Å²) in [7, 11) is 1.23. The van der Waals surface area contributed by atoms with Gasteiger partial charge in [0.2, 0.25) is 88.5 Å². The number of fused-ring (bicyclic) bond motifs is 6. The number of phenols is 3. The smallest absolute Gasteiger partial charge is 0.407 e. The first-order valence-electron chi connectivity index (χ1n) is 44.6. The second-order valence-corrected chi connectivity index (χ2v) is 34.5. The Balaban J connectivity index is 0.821. The minimum atomic E-state index is -2.56. The quantitative estimate of drug-likeness (QED) is 0.0125. The van der Waals surface area contributed by atoms with Crippen LogP contribution >= 0.6 is 0 Å². The lowest BCUT2D eigenvalue weighted by Gasteiger charge is -2.43. The molecule has 0 radical (unpaired) electrons. The molecule has 139 heavy (non-hydrogen) atoms. The third kappa shape index (κ3) is 27.6. The third-order valence-corrected chi connectivity index (χ3v) is 23.8. The van der Waals surface area contributed by atoms with Crippen molar-refractivity contribution in [2.45, 2.75) is 221 Å². The number of nitrogens with one attached hydrogen (secondary N) is 13. The molecule has 0 bridgehead atoms. The number of carbonyl (C=O) groups excluding carboxylic acids is 18. The highest BCUT2D eigenvalue weighted by molar-refractivity contribution is 6.31. The molecule has 47 nitrogen and oxygen atoms in total. The zero-order valence-electron chi connectivity index (χ0n) is 76.9. The van der Waals surface area contributed by atoms with Crippen LogP contribution in [0.15, 0.2) is 91.0 Å². The van der Waals surface area contributed by atoms with E-state index in [1.165, 1.54) is 63.4 Å². The zero-order chi connectivity index (χ0) is 102. The summed E-state index contributed by atoms with van der Waals surface area (Å²) in [4.78, 5) is 246. The molecule has 5 aromatic rings. The van der Waals surface area contributed by atoms with Crippen LogP contribution in [0.25, 0.3) is 11.1 Å². The Morgan fingerprint density at radius 2 is 1.01 bits per heavy atom. The number of rotatable bonds is 48. The molecule has 0 saturated carbocycles. The van der Waals surface area contributed by atoms with Crippen LogP contribution in [0.2, 0.25) is 0 Å². The first-order chi connectivity index (χ1) is 65.9. The summed E-state index contributed by atoms with van der Waals surface area (Å²) >= 11 is 0. The second kappa shape index (κ2) is 49.2. The molecular formula is C92H117N15O32. The van der Waals surface area contributed by atoms with Gasteiger partial charge in [-0.3, -0.25) is 81.5 Å². The Labute approximate surface area is 794 Å². The lowest BCUT2D eigenvalue weighted by Crippen LogP contribution is -2.62. The van der Waals surface area contributed by atoms with Crippen molar-refractivity contribution in [1.82, 2.24) is 69.1 Å². The number of methoxy groups -OCH3 is 1. The van der Waals surface area contributed by atoms with E-state index in [-0.39, 0.29) is 78.5 Å². The number of hydrogen-bond acceptors (Lipinski definition) is 32. The number of aliphatic hydroxyl groups excluding tert-OH is 6. The predicted molar refractivity (Wildman–Crippen MR) is 483 cm³/mol. The van der Waals surface area contributed by atoms with Gasteiger partial charge in [0.25, 0.3) is 0 Å². The van der Waals surface area contributed by atoms with Crippen molar-refractivity contribution in [3.63, 3.8) is 0 Å². The molecule has 1 fully saturated rings. The number of hydrogen-bond donors (Lipinski definition) is 25. The fourth-order valence-electron chi connectivity index (χ4n) is 16.5. The van der Waals surface area contributed by atoms with Crippen LogP contribution in [-0.2, 0) is 99.0 Å². The van der Waals surface area contributed by atoms with Gasteiger partial charge in [0.15, 0.2) is 17.9 Å². The molecule has 752 valence electrons. The number of carbonyl (C=O) groups is 18. The van der Waals surface area contributed by atoms with Crippen LogP contribution < -0.4 is 85.3 Å². The summed E-state index contributed by atoms with van der Waals surface area (Å²) < 4.78 is 23.3. The van der Waals surface area contributed by atoms with Crippen LogP contribution in [0.1, 0.15) is 171 Å². The molecule has 15 amide bonds. The summed E-state index contributed by atoms with van der Waals surface area (Å²) in [6.07, 6.45) is -11.8. The Kier molecular flexibility index (Phi) is 38.4. The number of amides is 15. The highest BCUT2D eigenvalue weighted by atomic mass is 16.7. The van der Waals surface area contributed by atoms with Gasteiger partial charge in [-0.2, -0.15) is 0 Å². The van der Waals surface area contributed by atoms with E-state index in [0.717, 1.165) is 36.1 Å². The average molecular weight is 1950 g/mol. The van der Waals surface area contributed by atoms with E-state index in [1.807, 2.05) is 48.5 Å². The molecule has 47 heteroatoms. The fourth-order valence-corrected chi connectivity index (χ4v) is 16.5. The van der Waals surface area contributed by atoms with Gasteiger partial charge in [-0.15, -0.1) is 0 Å². The minimum absolute atomic E-state index is 0.00491. The van der Waals surface area contributed by atoms with Crippen molar-refractivity contribution >= 4 is 106 Å². The van der Waals surface area contributed by atoms with Crippen LogP contribution in [0.3, 0.4) is 0 Å². The van der Waals surface area contributed by atoms with Gasteiger partial charge in [-0.25, -0.2) is 4.79 Å². The van der Waals surface area contributed by atoms with Gasteiger partial charge in [-0.1, -0.05) is 86.6 Å². The van der Waals surface area contributed by atoms with Gasteiger partial charge >= 0.3 is 6.09 Å². The van der Waals surface area contributed by atoms with Gasteiger partial charge in [0.05, 0.1) is 74.9 Å². The maximum absolute atomic E-state index is 14.6. The number of nitrogens with two attached hydrogens (primary N) is 2. The fraction of sp³-hybridized carbons (Fsp3) is 0.478. The number of aliphatic hydroxyl groups is 7. The normalized spacial score (nSPS) is 19.1. The molecule has 3 aliphatic carbocycles. The number of primary amides is 2. The number of ketones is 3. The highest BCUT2D eigenvalue weighted by Crippen LogP contribution is 2.53. The number of alkyl carbamates (subject to hydrolysis) is 1. The zero-order valence-corrected chi connectivity index (χ0v) is 76.9. The molecule has 4 aliphatic rings. The number of aromatic hydroxyl groups is 3. The Bertz CT molecular complexity index is 5400. The van der Waals surface area contributed by atoms with E-state index in [0.29, 0.717) is 0 Å². The maximum atomic E-state index is 14.6. The van der Waals surface area contributed by atoms with E-state index in [4.69, 9.17) is 30.4 Å². The summed E-state index contributed by atoms with van der Waals surface area (Å²) in [6.45, 7) is 1.88. The number of Topliss-reactive ketones (excluding diaryl/α,β-unsaturated/α-hetero) is 1. The Morgan fingerprint density at radius 3 is 1.54 bits per heavy atom. The number of benzene rings is 5. The molecule has 1 saturated heterocycles. The predicted octanol–water partition coefficient (Wildman–Crippen LogP) is -5.64. The largest absolute Gasteiger partial charge is 0.508 e. The van der Waals surface area contributed by atoms with E-state index < -0.39 is 321 Å². The lowest BCUT2D eigenvalue weighted by molar-refractivity contribution is -0.249. The van der Waals surface area contributed by atoms with Gasteiger partial charge < -0.3 is 151 Å². The Morgan fingerprint density at radius 1 is 0.525 bits per heavy atom. The number of unbranched alkanes of at least 4 members (excludes halogenated alkanes) is 1. The van der Waals surface area contributed by atoms with E-state index in [2.05, 4.69) is 69.1 Å². The minimum Gasteiger partial charge on any atom is -0.508 e. The lowest BCUT2D eigenvalue weighted by atomic mass is 9.72. The van der Waals surface area contributed by atoms with Crippen molar-refractivity contribution < 1.29 is 156 Å². The summed E-state index contributed by atoms with van der Waals surface area (Å²) in [6, 6.07) is 3.36. The van der Waals surface area contributed by atoms with Gasteiger partial charge in [0.1, 0.15) is 114 Å². The summed E-state index contributed by atoms with van der Waals surface area (Å²) in [5.74, 6) is -21.9. The summed E-state index contributed by atoms with van der Waals surface area (Å²) in [5.41, 5.74) is 9.90. The average Bonchev–Trinajstić information content (AvgIpc) is 1.27. The Hall–Kier alpha value is -14.2. The molecule has 5 aromatic carbocycles. The molecule has 27 N–H and O–H groups in total. The monoisotopic (exact) mass is 1940 g/mol. The molecule has 0 unspecified atom stereocenters. The number of ether oxygens (including phenoxy) is 4. The van der Waals surface area contributed by atoms with E-state index in [9.17, 15) is 137 Å². The third-order valence-electron chi connectivity index (χ3n) is 23.8. The molecule has 17 atom stereocenters. The van der Waals surface area contributed by atoms with Crippen LogP contribution in [0.5, 0.6) is 23.0 Å². The van der Waals surface area contributed by atoms with Crippen molar-refractivity contribution in [2.75, 3.05) is 53.3 Å². The SMILES string of the molecule is COc1cccc2c1C(=O)c1c(O)c3c(c(O)c1C2=O)C[C@@](O)(C(=O)CO)C[C@@H]3O[C@H]1C[C@H](NC(=O)[C@H](CC(C)C)NC(=O)[C@H](CO)NC(=O)[C@H](CO)NC(=O)[C@H](CO)NC(=O)[C@H](CCC(N)=O)NC(=O)[C@H](Cc2ccc(O)cc2)NC(=O)[C@H](CO)NC(=O)[C@H](C)NC(=O)[C@H](CCCCNC(=O)OCC2c3ccccc3-c3ccccc32)NC(=O)[C@H](CC(N)=O)NC(=O)[C@H](C)NC(C)=O)[C@H](O)[C@H](C)O1. The van der Waals surface area contributed by atoms with Crippen LogP contribution in [-0.4, -0.2) is 307 Å². The number of phenolic OH excluding ortho intramolecular Hbond substituents is 3. The molecule has 9 rings (SSSR count).